The molecule has 2 amide bonds. The minimum absolute atomic E-state index is 0.0354. The summed E-state index contributed by atoms with van der Waals surface area (Å²) in [6, 6.07) is 14.7. The van der Waals surface area contributed by atoms with Crippen molar-refractivity contribution in [1.29, 1.82) is 0 Å². The first-order valence-corrected chi connectivity index (χ1v) is 9.81. The summed E-state index contributed by atoms with van der Waals surface area (Å²) in [5, 5.41) is 22.3. The average Bonchev–Trinajstić information content (AvgIpc) is 3.09. The van der Waals surface area contributed by atoms with Crippen molar-refractivity contribution in [3.63, 3.8) is 0 Å². The highest BCUT2D eigenvalue weighted by Gasteiger charge is 2.28. The van der Waals surface area contributed by atoms with E-state index in [-0.39, 0.29) is 25.7 Å². The highest BCUT2D eigenvalue weighted by Crippen LogP contribution is 2.44. The number of carbonyl (C=O) groups excluding carboxylic acids is 2. The van der Waals surface area contributed by atoms with E-state index in [0.29, 0.717) is 0 Å². The molecule has 164 valence electrons. The Balaban J connectivity index is 1.39. The molecule has 9 heteroatoms. The summed E-state index contributed by atoms with van der Waals surface area (Å²) in [6.45, 7) is -0.762. The fourth-order valence-corrected chi connectivity index (χ4v) is 3.46. The van der Waals surface area contributed by atoms with Gasteiger partial charge in [-0.15, -0.1) is 0 Å². The summed E-state index contributed by atoms with van der Waals surface area (Å²) in [5.41, 5.74) is 4.53. The van der Waals surface area contributed by atoms with Gasteiger partial charge in [0.05, 0.1) is 13.2 Å². The SMILES string of the molecule is O=C(COCCNC(=O)OCC1c2ccccc2-c2ccccc21)N[C@H](CO)C(=O)O. The lowest BCUT2D eigenvalue weighted by molar-refractivity contribution is -0.143. The van der Waals surface area contributed by atoms with Gasteiger partial charge < -0.3 is 30.3 Å². The van der Waals surface area contributed by atoms with Crippen LogP contribution in [0.2, 0.25) is 0 Å². The Morgan fingerprint density at radius 3 is 2.19 bits per heavy atom. The smallest absolute Gasteiger partial charge is 0.407 e. The predicted octanol–water partition coefficient (Wildman–Crippen LogP) is 1.10. The number of fused-ring (bicyclic) bond motifs is 3. The minimum atomic E-state index is -1.38. The summed E-state index contributed by atoms with van der Waals surface area (Å²) in [4.78, 5) is 34.3. The molecule has 0 bridgehead atoms. The van der Waals surface area contributed by atoms with Crippen LogP contribution in [-0.2, 0) is 19.1 Å². The number of nitrogens with one attached hydrogen (secondary N) is 2. The topological polar surface area (TPSA) is 134 Å². The number of aliphatic hydroxyl groups is 1. The maximum atomic E-state index is 12.0. The Labute approximate surface area is 179 Å². The standard InChI is InChI=1S/C22H24N2O7/c25-11-19(21(27)28)24-20(26)13-30-10-9-23-22(29)31-12-18-16-7-3-1-5-14(16)15-6-2-4-8-17(15)18/h1-8,18-19,25H,9-13H2,(H,23,29)(H,24,26)(H,27,28)/t19-/m1/s1. The van der Waals surface area contributed by atoms with Gasteiger partial charge in [0.2, 0.25) is 5.91 Å². The van der Waals surface area contributed by atoms with Crippen LogP contribution in [0.4, 0.5) is 4.79 Å². The van der Waals surface area contributed by atoms with Gasteiger partial charge in [0, 0.05) is 12.5 Å². The van der Waals surface area contributed by atoms with Gasteiger partial charge in [0.25, 0.3) is 0 Å². The van der Waals surface area contributed by atoms with E-state index in [9.17, 15) is 14.4 Å². The molecule has 0 spiro atoms. The number of aliphatic hydroxyl groups excluding tert-OH is 1. The summed E-state index contributed by atoms with van der Waals surface area (Å²) in [5.74, 6) is -2.05. The Bertz CT molecular complexity index is 901. The van der Waals surface area contributed by atoms with Crippen LogP contribution in [0.5, 0.6) is 0 Å². The van der Waals surface area contributed by atoms with Gasteiger partial charge in [-0.2, -0.15) is 0 Å². The van der Waals surface area contributed by atoms with E-state index < -0.39 is 37.2 Å². The molecular weight excluding hydrogens is 404 g/mol. The first-order chi connectivity index (χ1) is 15.0. The average molecular weight is 428 g/mol. The number of aliphatic carboxylic acids is 1. The van der Waals surface area contributed by atoms with E-state index in [1.807, 2.05) is 36.4 Å². The molecule has 0 aromatic heterocycles. The fourth-order valence-electron chi connectivity index (χ4n) is 3.46. The number of hydrogen-bond donors (Lipinski definition) is 4. The van der Waals surface area contributed by atoms with Crippen LogP contribution in [-0.4, -0.2) is 67.2 Å². The van der Waals surface area contributed by atoms with E-state index in [1.54, 1.807) is 0 Å². The molecule has 0 saturated heterocycles. The van der Waals surface area contributed by atoms with Crippen molar-refractivity contribution < 1.29 is 34.1 Å². The number of rotatable bonds is 10. The lowest BCUT2D eigenvalue weighted by Gasteiger charge is -2.14. The lowest BCUT2D eigenvalue weighted by atomic mass is 9.98. The number of benzene rings is 2. The van der Waals surface area contributed by atoms with Crippen LogP contribution in [0.25, 0.3) is 11.1 Å². The van der Waals surface area contributed by atoms with E-state index in [0.717, 1.165) is 22.3 Å². The molecule has 0 unspecified atom stereocenters. The largest absolute Gasteiger partial charge is 0.480 e. The van der Waals surface area contributed by atoms with Crippen molar-refractivity contribution in [2.24, 2.45) is 0 Å². The third-order valence-corrected chi connectivity index (χ3v) is 4.91. The third kappa shape index (κ3) is 5.59. The highest BCUT2D eigenvalue weighted by atomic mass is 16.5. The first kappa shape index (κ1) is 22.3. The van der Waals surface area contributed by atoms with Crippen molar-refractivity contribution in [3.8, 4) is 11.1 Å². The number of ether oxygens (including phenoxy) is 2. The van der Waals surface area contributed by atoms with Gasteiger partial charge in [-0.25, -0.2) is 9.59 Å². The van der Waals surface area contributed by atoms with Crippen molar-refractivity contribution in [2.45, 2.75) is 12.0 Å². The molecule has 1 aliphatic rings. The molecule has 31 heavy (non-hydrogen) atoms. The van der Waals surface area contributed by atoms with Crippen molar-refractivity contribution >= 4 is 18.0 Å². The zero-order valence-electron chi connectivity index (χ0n) is 16.7. The van der Waals surface area contributed by atoms with Gasteiger partial charge in [0.1, 0.15) is 19.3 Å². The normalized spacial score (nSPS) is 13.1. The fraction of sp³-hybridized carbons (Fsp3) is 0.318. The summed E-state index contributed by atoms with van der Waals surface area (Å²) < 4.78 is 10.5. The second-order valence-corrected chi connectivity index (χ2v) is 6.95. The molecule has 0 aliphatic heterocycles. The van der Waals surface area contributed by atoms with Crippen LogP contribution in [0.15, 0.2) is 48.5 Å². The summed E-state index contributed by atoms with van der Waals surface area (Å²) in [6.07, 6.45) is -0.596. The van der Waals surface area contributed by atoms with Gasteiger partial charge in [-0.05, 0) is 22.3 Å². The number of carboxylic acids is 1. The molecular formula is C22H24N2O7. The number of amides is 2. The number of alkyl carbamates (subject to hydrolysis) is 1. The molecule has 1 aliphatic carbocycles. The molecule has 0 heterocycles. The van der Waals surface area contributed by atoms with E-state index >= 15 is 0 Å². The molecule has 0 fully saturated rings. The molecule has 9 nitrogen and oxygen atoms in total. The Hall–Kier alpha value is -3.43. The first-order valence-electron chi connectivity index (χ1n) is 9.81. The minimum Gasteiger partial charge on any atom is -0.480 e. The van der Waals surface area contributed by atoms with Crippen molar-refractivity contribution in [1.82, 2.24) is 10.6 Å². The van der Waals surface area contributed by atoms with Crippen molar-refractivity contribution in [2.75, 3.05) is 33.0 Å². The third-order valence-electron chi connectivity index (χ3n) is 4.91. The second kappa shape index (κ2) is 10.6. The lowest BCUT2D eigenvalue weighted by Crippen LogP contribution is -2.45. The predicted molar refractivity (Wildman–Crippen MR) is 111 cm³/mol. The van der Waals surface area contributed by atoms with Crippen LogP contribution in [0.3, 0.4) is 0 Å². The maximum Gasteiger partial charge on any atom is 0.407 e. The van der Waals surface area contributed by atoms with Gasteiger partial charge in [0.15, 0.2) is 0 Å². The van der Waals surface area contributed by atoms with Gasteiger partial charge in [-0.3, -0.25) is 4.79 Å². The Kier molecular flexibility index (Phi) is 7.58. The molecule has 3 rings (SSSR count). The Morgan fingerprint density at radius 1 is 1.00 bits per heavy atom. The van der Waals surface area contributed by atoms with Crippen LogP contribution < -0.4 is 10.6 Å². The molecule has 4 N–H and O–H groups in total. The zero-order valence-corrected chi connectivity index (χ0v) is 16.7. The van der Waals surface area contributed by atoms with Crippen LogP contribution in [0.1, 0.15) is 17.0 Å². The summed E-state index contributed by atoms with van der Waals surface area (Å²) in [7, 11) is 0. The summed E-state index contributed by atoms with van der Waals surface area (Å²) >= 11 is 0. The molecule has 2 aromatic carbocycles. The maximum absolute atomic E-state index is 12.0. The van der Waals surface area contributed by atoms with E-state index in [2.05, 4.69) is 22.8 Å². The van der Waals surface area contributed by atoms with E-state index in [1.165, 1.54) is 0 Å². The molecule has 0 radical (unpaired) electrons. The second-order valence-electron chi connectivity index (χ2n) is 6.95. The molecule has 0 saturated carbocycles. The van der Waals surface area contributed by atoms with E-state index in [4.69, 9.17) is 19.7 Å². The zero-order chi connectivity index (χ0) is 22.2. The Morgan fingerprint density at radius 2 is 1.61 bits per heavy atom. The van der Waals surface area contributed by atoms with Crippen LogP contribution in [0, 0.1) is 0 Å². The van der Waals surface area contributed by atoms with Crippen LogP contribution >= 0.6 is 0 Å². The highest BCUT2D eigenvalue weighted by molar-refractivity contribution is 5.84. The number of carboxylic acid groups (broad SMARTS) is 1. The molecule has 2 aromatic rings. The monoisotopic (exact) mass is 428 g/mol. The molecule has 1 atom stereocenters. The van der Waals surface area contributed by atoms with Gasteiger partial charge in [-0.1, -0.05) is 48.5 Å². The van der Waals surface area contributed by atoms with Crippen molar-refractivity contribution in [3.05, 3.63) is 59.7 Å². The van der Waals surface area contributed by atoms with Gasteiger partial charge >= 0.3 is 12.1 Å². The number of carbonyl (C=O) groups is 3. The quantitative estimate of drug-likeness (QED) is 0.416. The number of hydrogen-bond acceptors (Lipinski definition) is 6.